The Morgan fingerprint density at radius 1 is 0.844 bits per heavy atom. The van der Waals surface area contributed by atoms with Crippen molar-refractivity contribution in [2.45, 2.75) is 112 Å². The third-order valence-corrected chi connectivity index (χ3v) is 9.98. The zero-order valence-electron chi connectivity index (χ0n) is 30.9. The van der Waals surface area contributed by atoms with Crippen LogP contribution in [0.25, 0.3) is 0 Å². The SMILES string of the molecule is C=C/C=C/C(C)C(OC)C(C)C(OC)C(C)C/C(C)=C/C(C)C(OC)C(C)/C=C(\C)C(CC1OC(=O)C(C)C(OC)C1C)OC. The first-order valence-electron chi connectivity index (χ1n) is 16.7. The summed E-state index contributed by atoms with van der Waals surface area (Å²) >= 11 is 0. The maximum absolute atomic E-state index is 12.5. The summed E-state index contributed by atoms with van der Waals surface area (Å²) < 4.78 is 35.4. The summed E-state index contributed by atoms with van der Waals surface area (Å²) in [5.41, 5.74) is 2.42. The third-order valence-electron chi connectivity index (χ3n) is 9.98. The number of hydrogen-bond acceptors (Lipinski definition) is 7. The highest BCUT2D eigenvalue weighted by molar-refractivity contribution is 5.73. The number of rotatable bonds is 20. The van der Waals surface area contributed by atoms with Crippen LogP contribution in [-0.2, 0) is 33.2 Å². The molecular weight excluding hydrogens is 568 g/mol. The van der Waals surface area contributed by atoms with Crippen molar-refractivity contribution in [1.29, 1.82) is 0 Å². The molecule has 0 aliphatic carbocycles. The molecule has 13 unspecified atom stereocenters. The van der Waals surface area contributed by atoms with Gasteiger partial charge >= 0.3 is 5.97 Å². The minimum absolute atomic E-state index is 0.0135. The standard InChI is InChI=1S/C38H66O7/c1-16-17-18-24(3)35(42-13)30(9)36(43-14)27(6)20-23(2)19-26(5)34(41-12)28(7)21-25(4)32(40-11)22-33-29(8)37(44-15)31(10)38(39)45-33/h16-19,21,24,26-37H,1,20,22H2,2-15H3/b18-17+,23-19+,25-21+. The number of esters is 1. The number of methoxy groups -OCH3 is 5. The largest absolute Gasteiger partial charge is 0.462 e. The number of carbonyl (C=O) groups excluding carboxylic acids is 1. The molecule has 45 heavy (non-hydrogen) atoms. The van der Waals surface area contributed by atoms with E-state index < -0.39 is 0 Å². The molecule has 0 radical (unpaired) electrons. The molecule has 1 heterocycles. The molecule has 0 saturated carbocycles. The molecule has 0 aromatic heterocycles. The van der Waals surface area contributed by atoms with E-state index in [1.165, 1.54) is 5.57 Å². The minimum atomic E-state index is -0.276. The van der Waals surface area contributed by atoms with Gasteiger partial charge in [-0.2, -0.15) is 0 Å². The van der Waals surface area contributed by atoms with Crippen LogP contribution in [0.3, 0.4) is 0 Å². The van der Waals surface area contributed by atoms with E-state index in [-0.39, 0.29) is 78.1 Å². The van der Waals surface area contributed by atoms with Gasteiger partial charge in [-0.05, 0) is 38.7 Å². The second-order valence-corrected chi connectivity index (χ2v) is 13.5. The maximum Gasteiger partial charge on any atom is 0.311 e. The number of cyclic esters (lactones) is 1. The average molecular weight is 635 g/mol. The molecule has 1 aliphatic rings. The van der Waals surface area contributed by atoms with Crippen LogP contribution in [0.2, 0.25) is 0 Å². The van der Waals surface area contributed by atoms with Gasteiger partial charge in [0.2, 0.25) is 0 Å². The quantitative estimate of drug-likeness (QED) is 0.0767. The van der Waals surface area contributed by atoms with Crippen molar-refractivity contribution in [3.63, 3.8) is 0 Å². The van der Waals surface area contributed by atoms with Crippen molar-refractivity contribution in [3.05, 3.63) is 48.1 Å². The number of hydrogen-bond donors (Lipinski definition) is 0. The van der Waals surface area contributed by atoms with E-state index in [4.69, 9.17) is 28.4 Å². The summed E-state index contributed by atoms with van der Waals surface area (Å²) in [7, 11) is 8.74. The van der Waals surface area contributed by atoms with Gasteiger partial charge in [-0.25, -0.2) is 0 Å². The molecule has 1 fully saturated rings. The van der Waals surface area contributed by atoms with Crippen LogP contribution >= 0.6 is 0 Å². The van der Waals surface area contributed by atoms with Gasteiger partial charge in [0.15, 0.2) is 0 Å². The van der Waals surface area contributed by atoms with Gasteiger partial charge in [-0.15, -0.1) is 0 Å². The first-order valence-corrected chi connectivity index (χ1v) is 16.7. The van der Waals surface area contributed by atoms with Crippen molar-refractivity contribution >= 4 is 5.97 Å². The highest BCUT2D eigenvalue weighted by Gasteiger charge is 2.42. The Morgan fingerprint density at radius 3 is 1.93 bits per heavy atom. The summed E-state index contributed by atoms with van der Waals surface area (Å²) in [6.45, 7) is 23.1. The molecule has 0 aromatic carbocycles. The molecule has 7 nitrogen and oxygen atoms in total. The van der Waals surface area contributed by atoms with E-state index in [1.807, 2.05) is 13.0 Å². The average Bonchev–Trinajstić information content (AvgIpc) is 2.98. The highest BCUT2D eigenvalue weighted by Crippen LogP contribution is 2.33. The van der Waals surface area contributed by atoms with E-state index in [9.17, 15) is 4.79 Å². The number of ether oxygens (including phenoxy) is 6. The Labute approximate surface area is 275 Å². The molecule has 0 bridgehead atoms. The highest BCUT2D eigenvalue weighted by atomic mass is 16.6. The lowest BCUT2D eigenvalue weighted by atomic mass is 9.81. The summed E-state index contributed by atoms with van der Waals surface area (Å²) in [5.74, 6) is 0.688. The Balaban J connectivity index is 2.99. The Kier molecular flexibility index (Phi) is 18.8. The van der Waals surface area contributed by atoms with Crippen LogP contribution in [0.4, 0.5) is 0 Å². The summed E-state index contributed by atoms with van der Waals surface area (Å²) in [4.78, 5) is 12.5. The fourth-order valence-corrected chi connectivity index (χ4v) is 7.71. The Morgan fingerprint density at radius 2 is 1.42 bits per heavy atom. The van der Waals surface area contributed by atoms with Crippen LogP contribution < -0.4 is 0 Å². The molecule has 0 N–H and O–H groups in total. The predicted octanol–water partition coefficient (Wildman–Crippen LogP) is 7.85. The normalized spacial score (nSPS) is 27.6. The summed E-state index contributed by atoms with van der Waals surface area (Å²) in [5, 5.41) is 0. The zero-order valence-corrected chi connectivity index (χ0v) is 30.9. The second kappa shape index (κ2) is 20.5. The maximum atomic E-state index is 12.5. The van der Waals surface area contributed by atoms with Crippen molar-refractivity contribution in [1.82, 2.24) is 0 Å². The van der Waals surface area contributed by atoms with Gasteiger partial charge < -0.3 is 28.4 Å². The molecule has 1 rings (SSSR count). The Hall–Kier alpha value is -1.77. The lowest BCUT2D eigenvalue weighted by molar-refractivity contribution is -0.182. The van der Waals surface area contributed by atoms with Crippen LogP contribution in [0, 0.1) is 41.4 Å². The molecule has 1 saturated heterocycles. The van der Waals surface area contributed by atoms with Gasteiger partial charge in [0.1, 0.15) is 6.10 Å². The van der Waals surface area contributed by atoms with Gasteiger partial charge in [0.05, 0.1) is 36.4 Å². The van der Waals surface area contributed by atoms with Crippen LogP contribution in [0.1, 0.15) is 75.2 Å². The van der Waals surface area contributed by atoms with Gasteiger partial charge in [0, 0.05) is 71.6 Å². The lowest BCUT2D eigenvalue weighted by Gasteiger charge is -2.39. The van der Waals surface area contributed by atoms with Gasteiger partial charge in [0.25, 0.3) is 0 Å². The minimum Gasteiger partial charge on any atom is -0.462 e. The molecule has 0 aromatic rings. The van der Waals surface area contributed by atoms with Gasteiger partial charge in [-0.3, -0.25) is 4.79 Å². The fraction of sp³-hybridized carbons (Fsp3) is 0.763. The molecule has 0 spiro atoms. The molecular formula is C38H66O7. The van der Waals surface area contributed by atoms with Crippen LogP contribution in [-0.4, -0.2) is 78.1 Å². The molecule has 13 atom stereocenters. The topological polar surface area (TPSA) is 72.5 Å². The van der Waals surface area contributed by atoms with Crippen LogP contribution in [0.5, 0.6) is 0 Å². The van der Waals surface area contributed by atoms with Crippen molar-refractivity contribution in [3.8, 4) is 0 Å². The smallest absolute Gasteiger partial charge is 0.311 e. The first-order chi connectivity index (χ1) is 21.2. The first kappa shape index (κ1) is 41.3. The van der Waals surface area contributed by atoms with Crippen molar-refractivity contribution in [2.24, 2.45) is 41.4 Å². The second-order valence-electron chi connectivity index (χ2n) is 13.5. The summed E-state index contributed by atoms with van der Waals surface area (Å²) in [6.07, 6.45) is 11.5. The van der Waals surface area contributed by atoms with Crippen molar-refractivity contribution < 1.29 is 33.2 Å². The lowest BCUT2D eigenvalue weighted by Crippen LogP contribution is -2.48. The molecule has 1 aliphatic heterocycles. The zero-order chi connectivity index (χ0) is 34.4. The number of carbonyl (C=O) groups is 1. The van der Waals surface area contributed by atoms with E-state index in [0.717, 1.165) is 12.0 Å². The van der Waals surface area contributed by atoms with E-state index in [0.29, 0.717) is 12.3 Å². The van der Waals surface area contributed by atoms with E-state index >= 15 is 0 Å². The molecule has 7 heteroatoms. The monoisotopic (exact) mass is 634 g/mol. The van der Waals surface area contributed by atoms with Gasteiger partial charge in [-0.1, -0.05) is 84.1 Å². The molecule has 260 valence electrons. The molecule has 0 amide bonds. The fourth-order valence-electron chi connectivity index (χ4n) is 7.71. The van der Waals surface area contributed by atoms with Crippen LogP contribution in [0.15, 0.2) is 48.1 Å². The van der Waals surface area contributed by atoms with Crippen molar-refractivity contribution in [2.75, 3.05) is 35.5 Å². The van der Waals surface area contributed by atoms with E-state index in [2.05, 4.69) is 80.2 Å². The predicted molar refractivity (Wildman–Crippen MR) is 184 cm³/mol. The Bertz CT molecular complexity index is 971. The third kappa shape index (κ3) is 11.8. The summed E-state index contributed by atoms with van der Waals surface area (Å²) in [6, 6.07) is 0. The number of allylic oxidation sites excluding steroid dienone is 3. The van der Waals surface area contributed by atoms with E-state index in [1.54, 1.807) is 41.6 Å².